The molecule has 1 aliphatic rings. The third-order valence-corrected chi connectivity index (χ3v) is 4.27. The SMILES string of the molecule is CC(=O)N1CCN(CCC(C)C)CC1.CC(C)C.CCCN(CC)CC.CN(C)C. The summed E-state index contributed by atoms with van der Waals surface area (Å²) in [7, 11) is 6.00. The van der Waals surface area contributed by atoms with E-state index in [-0.39, 0.29) is 5.91 Å². The molecule has 1 aliphatic heterocycles. The number of amides is 1. The van der Waals surface area contributed by atoms with Crippen LogP contribution in [0, 0.1) is 11.8 Å². The van der Waals surface area contributed by atoms with Gasteiger partial charge in [0, 0.05) is 33.1 Å². The van der Waals surface area contributed by atoms with E-state index in [4.69, 9.17) is 0 Å². The van der Waals surface area contributed by atoms with Crippen molar-refractivity contribution < 1.29 is 4.79 Å². The summed E-state index contributed by atoms with van der Waals surface area (Å²) >= 11 is 0. The summed E-state index contributed by atoms with van der Waals surface area (Å²) in [6.45, 7) is 28.1. The van der Waals surface area contributed by atoms with E-state index in [9.17, 15) is 4.79 Å². The largest absolute Gasteiger partial charge is 0.340 e. The molecule has 1 rings (SSSR count). The third-order valence-electron chi connectivity index (χ3n) is 4.27. The van der Waals surface area contributed by atoms with Crippen molar-refractivity contribution in [1.82, 2.24) is 19.6 Å². The van der Waals surface area contributed by atoms with Gasteiger partial charge in [-0.1, -0.05) is 55.4 Å². The lowest BCUT2D eigenvalue weighted by Gasteiger charge is -2.34. The lowest BCUT2D eigenvalue weighted by atomic mass is 10.1. The third kappa shape index (κ3) is 29.6. The topological polar surface area (TPSA) is 30.0 Å². The highest BCUT2D eigenvalue weighted by molar-refractivity contribution is 5.73. The lowest BCUT2D eigenvalue weighted by molar-refractivity contribution is -0.130. The molecule has 0 aromatic rings. The molecule has 0 unspecified atom stereocenters. The zero-order valence-electron chi connectivity index (χ0n) is 22.9. The van der Waals surface area contributed by atoms with Gasteiger partial charge in [-0.2, -0.15) is 0 Å². The van der Waals surface area contributed by atoms with Gasteiger partial charge in [0.15, 0.2) is 0 Å². The minimum absolute atomic E-state index is 0.216. The van der Waals surface area contributed by atoms with Crippen LogP contribution in [-0.4, -0.2) is 99.0 Å². The first-order chi connectivity index (χ1) is 13.9. The highest BCUT2D eigenvalue weighted by atomic mass is 16.2. The van der Waals surface area contributed by atoms with E-state index in [1.807, 2.05) is 30.9 Å². The summed E-state index contributed by atoms with van der Waals surface area (Å²) in [6.07, 6.45) is 2.54. The predicted octanol–water partition coefficient (Wildman–Crippen LogP) is 4.77. The molecule has 1 fully saturated rings. The molecule has 184 valence electrons. The Balaban J connectivity index is -0.000000384. The average molecular weight is 431 g/mol. The average Bonchev–Trinajstić information content (AvgIpc) is 2.64. The Kier molecular flexibility index (Phi) is 26.1. The number of hydrogen-bond donors (Lipinski definition) is 0. The van der Waals surface area contributed by atoms with Gasteiger partial charge in [-0.3, -0.25) is 9.69 Å². The summed E-state index contributed by atoms with van der Waals surface area (Å²) in [4.78, 5) is 19.9. The van der Waals surface area contributed by atoms with E-state index in [1.165, 1.54) is 39.0 Å². The van der Waals surface area contributed by atoms with E-state index in [2.05, 4.69) is 65.2 Å². The molecule has 0 radical (unpaired) electrons. The van der Waals surface area contributed by atoms with Crippen LogP contribution in [-0.2, 0) is 4.79 Å². The van der Waals surface area contributed by atoms with Crippen molar-refractivity contribution in [3.05, 3.63) is 0 Å². The molecule has 1 heterocycles. The Morgan fingerprint density at radius 2 is 1.27 bits per heavy atom. The van der Waals surface area contributed by atoms with Crippen LogP contribution < -0.4 is 0 Å². The molecule has 0 bridgehead atoms. The molecule has 5 heteroatoms. The van der Waals surface area contributed by atoms with Gasteiger partial charge < -0.3 is 14.7 Å². The van der Waals surface area contributed by atoms with Crippen molar-refractivity contribution in [3.8, 4) is 0 Å². The van der Waals surface area contributed by atoms with E-state index in [0.29, 0.717) is 0 Å². The van der Waals surface area contributed by atoms with E-state index >= 15 is 0 Å². The number of nitrogens with zero attached hydrogens (tertiary/aromatic N) is 4. The number of hydrogen-bond acceptors (Lipinski definition) is 4. The fourth-order valence-corrected chi connectivity index (χ4v) is 2.58. The highest BCUT2D eigenvalue weighted by Gasteiger charge is 2.17. The molecule has 0 aliphatic carbocycles. The molecule has 30 heavy (non-hydrogen) atoms. The van der Waals surface area contributed by atoms with Gasteiger partial charge in [0.1, 0.15) is 0 Å². The number of carbonyl (C=O) groups is 1. The number of piperazine rings is 1. The van der Waals surface area contributed by atoms with Crippen LogP contribution in [0.4, 0.5) is 0 Å². The van der Waals surface area contributed by atoms with E-state index in [0.717, 1.165) is 38.0 Å². The predicted molar refractivity (Wildman–Crippen MR) is 136 cm³/mol. The standard InChI is InChI=1S/C11H22N2O.C7H17N.C4H10.C3H9N/c1-10(2)4-5-12-6-8-13(9-7-12)11(3)14;1-4-7-8(5-2)6-3;2*1-4(2)3/h10H,4-9H2,1-3H3;4-7H2,1-3H3;4H,1-3H3;1-3H3. The zero-order valence-corrected chi connectivity index (χ0v) is 22.9. The molecule has 5 nitrogen and oxygen atoms in total. The summed E-state index contributed by atoms with van der Waals surface area (Å²) in [6, 6.07) is 0. The maximum atomic E-state index is 11.1. The summed E-state index contributed by atoms with van der Waals surface area (Å²) in [5, 5.41) is 0. The second-order valence-electron chi connectivity index (χ2n) is 9.63. The van der Waals surface area contributed by atoms with Gasteiger partial charge in [0.25, 0.3) is 0 Å². The molecule has 1 saturated heterocycles. The first-order valence-electron chi connectivity index (χ1n) is 12.2. The number of carbonyl (C=O) groups excluding carboxylic acids is 1. The second-order valence-corrected chi connectivity index (χ2v) is 9.63. The van der Waals surface area contributed by atoms with Gasteiger partial charge >= 0.3 is 0 Å². The maximum absolute atomic E-state index is 11.1. The monoisotopic (exact) mass is 430 g/mol. The van der Waals surface area contributed by atoms with Crippen LogP contribution in [0.1, 0.15) is 75.2 Å². The van der Waals surface area contributed by atoms with Crippen molar-refractivity contribution >= 4 is 5.91 Å². The van der Waals surface area contributed by atoms with Crippen molar-refractivity contribution in [2.24, 2.45) is 11.8 Å². The van der Waals surface area contributed by atoms with Crippen LogP contribution in [0.15, 0.2) is 0 Å². The molecular weight excluding hydrogens is 372 g/mol. The normalized spacial score (nSPS) is 14.1. The van der Waals surface area contributed by atoms with Crippen LogP contribution in [0.5, 0.6) is 0 Å². The molecule has 0 aromatic carbocycles. The Morgan fingerprint density at radius 1 is 0.867 bits per heavy atom. The zero-order chi connectivity index (χ0) is 24.1. The fraction of sp³-hybridized carbons (Fsp3) is 0.960. The Hall–Kier alpha value is -0.650. The van der Waals surface area contributed by atoms with E-state index < -0.39 is 0 Å². The Labute approximate surface area is 191 Å². The number of rotatable bonds is 7. The van der Waals surface area contributed by atoms with Crippen LogP contribution >= 0.6 is 0 Å². The van der Waals surface area contributed by atoms with Gasteiger partial charge in [-0.05, 0) is 72.0 Å². The Bertz CT molecular complexity index is 336. The van der Waals surface area contributed by atoms with Gasteiger partial charge in [0.05, 0.1) is 0 Å². The summed E-state index contributed by atoms with van der Waals surface area (Å²) < 4.78 is 0. The molecule has 0 N–H and O–H groups in total. The van der Waals surface area contributed by atoms with Crippen molar-refractivity contribution in [3.63, 3.8) is 0 Å². The quantitative estimate of drug-likeness (QED) is 0.582. The summed E-state index contributed by atoms with van der Waals surface area (Å²) in [5.74, 6) is 1.83. The van der Waals surface area contributed by atoms with Crippen molar-refractivity contribution in [2.75, 3.05) is 73.5 Å². The first kappa shape index (κ1) is 34.0. The lowest BCUT2D eigenvalue weighted by Crippen LogP contribution is -2.48. The van der Waals surface area contributed by atoms with Crippen molar-refractivity contribution in [1.29, 1.82) is 0 Å². The fourth-order valence-electron chi connectivity index (χ4n) is 2.58. The maximum Gasteiger partial charge on any atom is 0.219 e. The first-order valence-corrected chi connectivity index (χ1v) is 12.2. The minimum atomic E-state index is 0.216. The van der Waals surface area contributed by atoms with Crippen molar-refractivity contribution in [2.45, 2.75) is 75.2 Å². The molecular formula is C25H58N4O. The van der Waals surface area contributed by atoms with Gasteiger partial charge in [-0.25, -0.2) is 0 Å². The summed E-state index contributed by atoms with van der Waals surface area (Å²) in [5.41, 5.74) is 0. The minimum Gasteiger partial charge on any atom is -0.340 e. The Morgan fingerprint density at radius 3 is 1.50 bits per heavy atom. The second kappa shape index (κ2) is 23.0. The van der Waals surface area contributed by atoms with Crippen LogP contribution in [0.2, 0.25) is 0 Å². The molecule has 0 atom stereocenters. The van der Waals surface area contributed by atoms with Crippen LogP contribution in [0.3, 0.4) is 0 Å². The molecule has 0 spiro atoms. The van der Waals surface area contributed by atoms with Gasteiger partial charge in [0.2, 0.25) is 5.91 Å². The molecule has 0 saturated carbocycles. The highest BCUT2D eigenvalue weighted by Crippen LogP contribution is 2.06. The van der Waals surface area contributed by atoms with Gasteiger partial charge in [-0.15, -0.1) is 0 Å². The molecule has 0 aromatic heterocycles. The van der Waals surface area contributed by atoms with E-state index in [1.54, 1.807) is 6.92 Å². The van der Waals surface area contributed by atoms with Crippen LogP contribution in [0.25, 0.3) is 0 Å². The smallest absolute Gasteiger partial charge is 0.219 e. The molecule has 1 amide bonds.